The lowest BCUT2D eigenvalue weighted by molar-refractivity contribution is -0.148. The molecular formula is C22H40O3. The molecule has 0 aromatic rings. The highest BCUT2D eigenvalue weighted by Gasteiger charge is 2.07. The van der Waals surface area contributed by atoms with E-state index >= 15 is 0 Å². The van der Waals surface area contributed by atoms with Gasteiger partial charge in [0.1, 0.15) is 0 Å². The van der Waals surface area contributed by atoms with Crippen LogP contribution in [0.25, 0.3) is 0 Å². The zero-order chi connectivity index (χ0) is 18.6. The van der Waals surface area contributed by atoms with Crippen LogP contribution in [0.3, 0.4) is 0 Å². The van der Waals surface area contributed by atoms with Gasteiger partial charge in [0.05, 0.1) is 0 Å². The number of rotatable bonds is 19. The maximum Gasteiger partial charge on any atom is 0.340 e. The minimum absolute atomic E-state index is 0.168. The van der Waals surface area contributed by atoms with Crippen LogP contribution >= 0.6 is 0 Å². The van der Waals surface area contributed by atoms with Crippen LogP contribution < -0.4 is 0 Å². The molecule has 146 valence electrons. The topological polar surface area (TPSA) is 43.4 Å². The molecule has 0 fully saturated rings. The molecule has 0 radical (unpaired) electrons. The first kappa shape index (κ1) is 23.9. The van der Waals surface area contributed by atoms with Crippen LogP contribution in [0.2, 0.25) is 0 Å². The molecule has 0 aliphatic rings. The summed E-state index contributed by atoms with van der Waals surface area (Å²) in [7, 11) is 0. The van der Waals surface area contributed by atoms with Crippen LogP contribution in [0.15, 0.2) is 12.2 Å². The molecule has 0 unspecified atom stereocenters. The third kappa shape index (κ3) is 17.5. The van der Waals surface area contributed by atoms with Crippen molar-refractivity contribution >= 4 is 12.4 Å². The standard InChI is InChI=1S/C22H40O3/c1-3-4-5-6-7-8-9-10-11-12-13-14-15-16-17-18-19-21(2)22(24)25-20-23/h20H,2-19H2,1H3. The molecule has 3 heteroatoms. The molecule has 0 heterocycles. The monoisotopic (exact) mass is 352 g/mol. The second kappa shape index (κ2) is 19.2. The van der Waals surface area contributed by atoms with Crippen molar-refractivity contribution in [2.75, 3.05) is 0 Å². The van der Waals surface area contributed by atoms with Crippen LogP contribution in [0, 0.1) is 0 Å². The first-order valence-corrected chi connectivity index (χ1v) is 10.5. The van der Waals surface area contributed by atoms with E-state index in [0.29, 0.717) is 12.0 Å². The van der Waals surface area contributed by atoms with Gasteiger partial charge in [-0.05, 0) is 12.8 Å². The summed E-state index contributed by atoms with van der Waals surface area (Å²) in [5.41, 5.74) is 0.400. The van der Waals surface area contributed by atoms with Crippen molar-refractivity contribution in [3.63, 3.8) is 0 Å². The molecule has 0 aliphatic heterocycles. The Balaban J connectivity index is 3.15. The lowest BCUT2D eigenvalue weighted by Crippen LogP contribution is -2.05. The molecule has 3 nitrogen and oxygen atoms in total. The van der Waals surface area contributed by atoms with Crippen LogP contribution in [-0.4, -0.2) is 12.4 Å². The van der Waals surface area contributed by atoms with E-state index in [1.807, 2.05) is 0 Å². The first-order valence-electron chi connectivity index (χ1n) is 10.5. The van der Waals surface area contributed by atoms with Crippen molar-refractivity contribution in [1.82, 2.24) is 0 Å². The van der Waals surface area contributed by atoms with E-state index in [2.05, 4.69) is 18.2 Å². The summed E-state index contributed by atoms with van der Waals surface area (Å²) in [4.78, 5) is 21.2. The number of hydrogen-bond donors (Lipinski definition) is 0. The van der Waals surface area contributed by atoms with Crippen molar-refractivity contribution in [3.8, 4) is 0 Å². The summed E-state index contributed by atoms with van der Waals surface area (Å²) in [6, 6.07) is 0. The fourth-order valence-corrected chi connectivity index (χ4v) is 3.12. The van der Waals surface area contributed by atoms with Gasteiger partial charge < -0.3 is 4.74 Å². The smallest absolute Gasteiger partial charge is 0.340 e. The summed E-state index contributed by atoms with van der Waals surface area (Å²) in [6.07, 6.45) is 21.9. The molecule has 0 rings (SSSR count). The number of hydrogen-bond acceptors (Lipinski definition) is 3. The Labute approximate surface area is 155 Å². The Hall–Kier alpha value is -1.12. The van der Waals surface area contributed by atoms with Gasteiger partial charge >= 0.3 is 12.4 Å². The maximum absolute atomic E-state index is 11.2. The van der Waals surface area contributed by atoms with Crippen LogP contribution in [-0.2, 0) is 14.3 Å². The minimum atomic E-state index is -0.587. The van der Waals surface area contributed by atoms with Crippen molar-refractivity contribution < 1.29 is 14.3 Å². The Morgan fingerprint density at radius 1 is 0.720 bits per heavy atom. The van der Waals surface area contributed by atoms with Crippen LogP contribution in [0.1, 0.15) is 116 Å². The number of carbonyl (C=O) groups is 2. The molecule has 0 aromatic heterocycles. The third-order valence-electron chi connectivity index (χ3n) is 4.78. The quantitative estimate of drug-likeness (QED) is 0.0835. The van der Waals surface area contributed by atoms with E-state index in [-0.39, 0.29) is 6.47 Å². The zero-order valence-electron chi connectivity index (χ0n) is 16.5. The van der Waals surface area contributed by atoms with Crippen molar-refractivity contribution in [1.29, 1.82) is 0 Å². The average molecular weight is 353 g/mol. The highest BCUT2D eigenvalue weighted by molar-refractivity contribution is 5.91. The van der Waals surface area contributed by atoms with Gasteiger partial charge in [0, 0.05) is 5.57 Å². The lowest BCUT2D eigenvalue weighted by atomic mass is 10.0. The highest BCUT2D eigenvalue weighted by atomic mass is 16.6. The third-order valence-corrected chi connectivity index (χ3v) is 4.78. The first-order chi connectivity index (χ1) is 12.2. The normalized spacial score (nSPS) is 10.6. The summed E-state index contributed by atoms with van der Waals surface area (Å²) in [5.74, 6) is -0.587. The zero-order valence-corrected chi connectivity index (χ0v) is 16.5. The molecule has 0 atom stereocenters. The van der Waals surface area contributed by atoms with Gasteiger partial charge in [-0.1, -0.05) is 110 Å². The van der Waals surface area contributed by atoms with Gasteiger partial charge in [-0.3, -0.25) is 4.79 Å². The van der Waals surface area contributed by atoms with E-state index in [9.17, 15) is 9.59 Å². The van der Waals surface area contributed by atoms with Gasteiger partial charge in [0.2, 0.25) is 0 Å². The summed E-state index contributed by atoms with van der Waals surface area (Å²) in [6.45, 7) is 6.09. The fraction of sp³-hybridized carbons (Fsp3) is 0.818. The van der Waals surface area contributed by atoms with Crippen molar-refractivity contribution in [3.05, 3.63) is 12.2 Å². The predicted octanol–water partition coefficient (Wildman–Crippen LogP) is 6.89. The Morgan fingerprint density at radius 2 is 1.08 bits per heavy atom. The molecule has 25 heavy (non-hydrogen) atoms. The van der Waals surface area contributed by atoms with E-state index in [1.165, 1.54) is 89.9 Å². The van der Waals surface area contributed by atoms with Crippen molar-refractivity contribution in [2.24, 2.45) is 0 Å². The number of unbranched alkanes of at least 4 members (excludes halogenated alkanes) is 15. The molecule has 0 saturated heterocycles. The molecule has 0 amide bonds. The SMILES string of the molecule is C=C(CCCCCCCCCCCCCCCCCC)C(=O)OC=O. The molecule has 0 spiro atoms. The Bertz CT molecular complexity index is 336. The van der Waals surface area contributed by atoms with E-state index < -0.39 is 5.97 Å². The number of carbonyl (C=O) groups excluding carboxylic acids is 2. The van der Waals surface area contributed by atoms with Gasteiger partial charge in [0.15, 0.2) is 0 Å². The molecule has 0 aliphatic carbocycles. The van der Waals surface area contributed by atoms with E-state index in [1.54, 1.807) is 0 Å². The largest absolute Gasteiger partial charge is 0.392 e. The number of esters is 1. The Morgan fingerprint density at radius 3 is 1.44 bits per heavy atom. The second-order valence-corrected chi connectivity index (χ2v) is 7.16. The van der Waals surface area contributed by atoms with Gasteiger partial charge in [-0.15, -0.1) is 0 Å². The summed E-state index contributed by atoms with van der Waals surface area (Å²) in [5, 5.41) is 0. The van der Waals surface area contributed by atoms with E-state index in [0.717, 1.165) is 12.8 Å². The van der Waals surface area contributed by atoms with Crippen LogP contribution in [0.4, 0.5) is 0 Å². The summed E-state index contributed by atoms with van der Waals surface area (Å²) < 4.78 is 4.26. The molecular weight excluding hydrogens is 312 g/mol. The van der Waals surface area contributed by atoms with Crippen molar-refractivity contribution in [2.45, 2.75) is 116 Å². The second-order valence-electron chi connectivity index (χ2n) is 7.16. The molecule has 0 aromatic carbocycles. The minimum Gasteiger partial charge on any atom is -0.392 e. The average Bonchev–Trinajstić information content (AvgIpc) is 2.61. The highest BCUT2D eigenvalue weighted by Crippen LogP contribution is 2.15. The van der Waals surface area contributed by atoms with Gasteiger partial charge in [-0.25, -0.2) is 4.79 Å². The molecule has 0 saturated carbocycles. The lowest BCUT2D eigenvalue weighted by Gasteiger charge is -2.04. The predicted molar refractivity (Wildman–Crippen MR) is 105 cm³/mol. The maximum atomic E-state index is 11.2. The number of ether oxygens (including phenoxy) is 1. The Kier molecular flexibility index (Phi) is 18.3. The fourth-order valence-electron chi connectivity index (χ4n) is 3.12. The summed E-state index contributed by atoms with van der Waals surface area (Å²) >= 11 is 0. The van der Waals surface area contributed by atoms with Gasteiger partial charge in [-0.2, -0.15) is 0 Å². The van der Waals surface area contributed by atoms with Gasteiger partial charge in [0.25, 0.3) is 0 Å². The molecule has 0 N–H and O–H groups in total. The van der Waals surface area contributed by atoms with E-state index in [4.69, 9.17) is 0 Å². The molecule has 0 bridgehead atoms. The van der Waals surface area contributed by atoms with Crippen LogP contribution in [0.5, 0.6) is 0 Å².